The minimum atomic E-state index is -0.104. The van der Waals surface area contributed by atoms with Crippen LogP contribution in [-0.2, 0) is 6.42 Å². The molecule has 0 saturated carbocycles. The first-order valence-corrected chi connectivity index (χ1v) is 6.97. The average molecular weight is 251 g/mol. The van der Waals surface area contributed by atoms with Gasteiger partial charge in [0.05, 0.1) is 0 Å². The summed E-state index contributed by atoms with van der Waals surface area (Å²) in [5.74, 6) is 0.606. The van der Waals surface area contributed by atoms with Crippen molar-refractivity contribution in [2.24, 2.45) is 5.92 Å². The molecular formula is C16H26FN. The molecule has 0 amide bonds. The average Bonchev–Trinajstić information content (AvgIpc) is 2.30. The van der Waals surface area contributed by atoms with Gasteiger partial charge in [-0.3, -0.25) is 0 Å². The van der Waals surface area contributed by atoms with Gasteiger partial charge in [0.1, 0.15) is 5.82 Å². The van der Waals surface area contributed by atoms with Crippen molar-refractivity contribution in [1.82, 2.24) is 5.32 Å². The van der Waals surface area contributed by atoms with E-state index in [1.54, 1.807) is 6.07 Å². The third-order valence-corrected chi connectivity index (χ3v) is 3.34. The smallest absolute Gasteiger partial charge is 0.126 e. The Morgan fingerprint density at radius 2 is 1.89 bits per heavy atom. The Morgan fingerprint density at radius 3 is 2.50 bits per heavy atom. The van der Waals surface area contributed by atoms with Crippen LogP contribution in [0, 0.1) is 18.7 Å². The molecule has 102 valence electrons. The number of aryl methyl sites for hydroxylation is 2. The summed E-state index contributed by atoms with van der Waals surface area (Å²) in [5, 5.41) is 3.44. The van der Waals surface area contributed by atoms with Crippen LogP contribution in [0.3, 0.4) is 0 Å². The van der Waals surface area contributed by atoms with E-state index < -0.39 is 0 Å². The van der Waals surface area contributed by atoms with Gasteiger partial charge in [0.25, 0.3) is 0 Å². The van der Waals surface area contributed by atoms with Crippen molar-refractivity contribution in [2.75, 3.05) is 6.54 Å². The summed E-state index contributed by atoms with van der Waals surface area (Å²) in [6.45, 7) is 9.55. The van der Waals surface area contributed by atoms with E-state index in [9.17, 15) is 4.39 Å². The molecule has 0 spiro atoms. The van der Waals surface area contributed by atoms with Gasteiger partial charge in [0, 0.05) is 6.04 Å². The highest BCUT2D eigenvalue weighted by molar-refractivity contribution is 5.23. The molecule has 0 aliphatic carbocycles. The van der Waals surface area contributed by atoms with Gasteiger partial charge in [-0.05, 0) is 55.8 Å². The molecular weight excluding hydrogens is 225 g/mol. The van der Waals surface area contributed by atoms with Crippen LogP contribution in [0.4, 0.5) is 4.39 Å². The van der Waals surface area contributed by atoms with Crippen molar-refractivity contribution >= 4 is 0 Å². The van der Waals surface area contributed by atoms with Crippen molar-refractivity contribution in [3.05, 3.63) is 35.1 Å². The zero-order valence-electron chi connectivity index (χ0n) is 12.1. The van der Waals surface area contributed by atoms with Gasteiger partial charge in [0.15, 0.2) is 0 Å². The number of nitrogens with one attached hydrogen (secondary N) is 1. The van der Waals surface area contributed by atoms with Crippen LogP contribution in [0.1, 0.15) is 44.7 Å². The Balaban J connectivity index is 2.29. The van der Waals surface area contributed by atoms with E-state index in [4.69, 9.17) is 0 Å². The number of benzene rings is 1. The third kappa shape index (κ3) is 5.63. The van der Waals surface area contributed by atoms with Crippen molar-refractivity contribution in [3.8, 4) is 0 Å². The van der Waals surface area contributed by atoms with Crippen LogP contribution < -0.4 is 5.32 Å². The van der Waals surface area contributed by atoms with Crippen LogP contribution in [0.25, 0.3) is 0 Å². The van der Waals surface area contributed by atoms with E-state index in [2.05, 4.69) is 26.1 Å². The summed E-state index contributed by atoms with van der Waals surface area (Å²) in [6.07, 6.45) is 3.42. The summed E-state index contributed by atoms with van der Waals surface area (Å²) in [6, 6.07) is 6.02. The van der Waals surface area contributed by atoms with E-state index in [1.807, 2.05) is 19.1 Å². The van der Waals surface area contributed by atoms with Gasteiger partial charge in [-0.25, -0.2) is 4.39 Å². The summed E-state index contributed by atoms with van der Waals surface area (Å²) >= 11 is 0. The third-order valence-electron chi connectivity index (χ3n) is 3.34. The predicted molar refractivity (Wildman–Crippen MR) is 76.4 cm³/mol. The second kappa shape index (κ2) is 7.52. The van der Waals surface area contributed by atoms with Gasteiger partial charge < -0.3 is 5.32 Å². The number of rotatable bonds is 7. The lowest BCUT2D eigenvalue weighted by atomic mass is 9.97. The van der Waals surface area contributed by atoms with Gasteiger partial charge in [-0.2, -0.15) is 0 Å². The molecule has 0 aliphatic heterocycles. The van der Waals surface area contributed by atoms with Crippen molar-refractivity contribution < 1.29 is 4.39 Å². The van der Waals surface area contributed by atoms with E-state index in [-0.39, 0.29) is 5.82 Å². The molecule has 0 aromatic heterocycles. The molecule has 0 heterocycles. The molecule has 1 nitrogen and oxygen atoms in total. The highest BCUT2D eigenvalue weighted by atomic mass is 19.1. The van der Waals surface area contributed by atoms with Crippen LogP contribution in [0.5, 0.6) is 0 Å². The summed E-state index contributed by atoms with van der Waals surface area (Å²) in [4.78, 5) is 0. The summed E-state index contributed by atoms with van der Waals surface area (Å²) in [5.41, 5.74) is 2.00. The maximum absolute atomic E-state index is 13.1. The SMILES string of the molecule is Cc1cc(CCC(C)CCNC(C)C)ccc1F. The Bertz CT molecular complexity index is 360. The molecule has 0 saturated heterocycles. The second-order valence-corrected chi connectivity index (χ2v) is 5.62. The van der Waals surface area contributed by atoms with E-state index in [1.165, 1.54) is 18.4 Å². The molecule has 1 N–H and O–H groups in total. The molecule has 1 atom stereocenters. The molecule has 0 aliphatic rings. The first kappa shape index (κ1) is 15.2. The monoisotopic (exact) mass is 251 g/mol. The highest BCUT2D eigenvalue weighted by Gasteiger charge is 2.05. The number of halogens is 1. The lowest BCUT2D eigenvalue weighted by Gasteiger charge is -2.13. The number of hydrogen-bond donors (Lipinski definition) is 1. The molecule has 1 aromatic rings. The topological polar surface area (TPSA) is 12.0 Å². The standard InChI is InChI=1S/C16H26FN/c1-12(2)18-10-9-13(3)5-6-15-7-8-16(17)14(4)11-15/h7-8,11-13,18H,5-6,9-10H2,1-4H3. The zero-order chi connectivity index (χ0) is 13.5. The maximum atomic E-state index is 13.1. The lowest BCUT2D eigenvalue weighted by molar-refractivity contribution is 0.454. The summed E-state index contributed by atoms with van der Waals surface area (Å²) in [7, 11) is 0. The van der Waals surface area contributed by atoms with Gasteiger partial charge >= 0.3 is 0 Å². The quantitative estimate of drug-likeness (QED) is 0.769. The Kier molecular flexibility index (Phi) is 6.34. The highest BCUT2D eigenvalue weighted by Crippen LogP contribution is 2.15. The van der Waals surface area contributed by atoms with E-state index >= 15 is 0 Å². The van der Waals surface area contributed by atoms with Crippen molar-refractivity contribution in [3.63, 3.8) is 0 Å². The Morgan fingerprint density at radius 1 is 1.17 bits per heavy atom. The maximum Gasteiger partial charge on any atom is 0.126 e. The van der Waals surface area contributed by atoms with Crippen LogP contribution in [0.2, 0.25) is 0 Å². The molecule has 1 unspecified atom stereocenters. The van der Waals surface area contributed by atoms with Crippen LogP contribution in [0.15, 0.2) is 18.2 Å². The first-order valence-electron chi connectivity index (χ1n) is 6.97. The van der Waals surface area contributed by atoms with Gasteiger partial charge in [-0.1, -0.05) is 32.9 Å². The van der Waals surface area contributed by atoms with Crippen LogP contribution in [-0.4, -0.2) is 12.6 Å². The minimum absolute atomic E-state index is 0.104. The van der Waals surface area contributed by atoms with Crippen molar-refractivity contribution in [2.45, 2.75) is 53.0 Å². The Labute approximate surface area is 111 Å². The molecule has 0 fully saturated rings. The minimum Gasteiger partial charge on any atom is -0.315 e. The van der Waals surface area contributed by atoms with Crippen molar-refractivity contribution in [1.29, 1.82) is 0 Å². The Hall–Kier alpha value is -0.890. The molecule has 1 aromatic carbocycles. The zero-order valence-corrected chi connectivity index (χ0v) is 12.1. The van der Waals surface area contributed by atoms with Gasteiger partial charge in [0.2, 0.25) is 0 Å². The molecule has 0 bridgehead atoms. The van der Waals surface area contributed by atoms with Gasteiger partial charge in [-0.15, -0.1) is 0 Å². The molecule has 1 rings (SSSR count). The van der Waals surface area contributed by atoms with E-state index in [0.717, 1.165) is 18.5 Å². The normalized spacial score (nSPS) is 13.0. The lowest BCUT2D eigenvalue weighted by Crippen LogP contribution is -2.24. The second-order valence-electron chi connectivity index (χ2n) is 5.62. The predicted octanol–water partition coefficient (Wildman–Crippen LogP) is 4.09. The molecule has 18 heavy (non-hydrogen) atoms. The first-order chi connectivity index (χ1) is 8.49. The number of hydrogen-bond acceptors (Lipinski definition) is 1. The van der Waals surface area contributed by atoms with Crippen LogP contribution >= 0.6 is 0 Å². The fourth-order valence-electron chi connectivity index (χ4n) is 2.04. The fourth-order valence-corrected chi connectivity index (χ4v) is 2.04. The fraction of sp³-hybridized carbons (Fsp3) is 0.625. The molecule has 2 heteroatoms. The summed E-state index contributed by atoms with van der Waals surface area (Å²) < 4.78 is 13.1. The largest absolute Gasteiger partial charge is 0.315 e. The van der Waals surface area contributed by atoms with E-state index in [0.29, 0.717) is 12.0 Å². The molecule has 0 radical (unpaired) electrons.